The Bertz CT molecular complexity index is 313. The first kappa shape index (κ1) is 11.6. The minimum atomic E-state index is 0.273. The zero-order valence-electron chi connectivity index (χ0n) is 9.42. The summed E-state index contributed by atoms with van der Waals surface area (Å²) in [6, 6.07) is 6.46. The maximum atomic E-state index is 5.59. The highest BCUT2D eigenvalue weighted by molar-refractivity contribution is 8.00. The fraction of sp³-hybridized carbons (Fsp3) is 0.500. The van der Waals surface area contributed by atoms with Crippen LogP contribution in [0.25, 0.3) is 0 Å². The molecule has 0 fully saturated rings. The van der Waals surface area contributed by atoms with Crippen molar-refractivity contribution in [2.45, 2.75) is 43.9 Å². The Hall–Kier alpha value is -0.470. The van der Waals surface area contributed by atoms with E-state index in [1.807, 2.05) is 11.8 Å². The lowest BCUT2D eigenvalue weighted by molar-refractivity contribution is 0.802. The van der Waals surface area contributed by atoms with Crippen LogP contribution in [0.5, 0.6) is 0 Å². The molecule has 0 atom stereocenters. The molecule has 0 aromatic heterocycles. The highest BCUT2D eigenvalue weighted by Gasteiger charge is 2.13. The summed E-state index contributed by atoms with van der Waals surface area (Å²) in [4.78, 5) is 1.36. The van der Waals surface area contributed by atoms with Crippen LogP contribution in [0, 0.1) is 6.92 Å². The quantitative estimate of drug-likeness (QED) is 0.756. The molecule has 0 heterocycles. The molecule has 1 rings (SSSR count). The summed E-state index contributed by atoms with van der Waals surface area (Å²) in [6.45, 7) is 9.46. The molecule has 0 unspecified atom stereocenters. The summed E-state index contributed by atoms with van der Waals surface area (Å²) in [7, 11) is 0. The highest BCUT2D eigenvalue weighted by atomic mass is 32.2. The molecular formula is C12H19NS. The van der Waals surface area contributed by atoms with Crippen molar-refractivity contribution in [1.29, 1.82) is 0 Å². The normalized spacial score (nSPS) is 11.8. The second-order valence-corrected chi connectivity index (χ2v) is 6.39. The SMILES string of the molecule is Cc1cc(CN)ccc1SC(C)(C)C. The van der Waals surface area contributed by atoms with Crippen molar-refractivity contribution in [2.75, 3.05) is 0 Å². The van der Waals surface area contributed by atoms with Crippen molar-refractivity contribution >= 4 is 11.8 Å². The van der Waals surface area contributed by atoms with Gasteiger partial charge in [0.2, 0.25) is 0 Å². The van der Waals surface area contributed by atoms with E-state index in [0.29, 0.717) is 6.54 Å². The molecule has 0 aliphatic heterocycles. The first-order valence-electron chi connectivity index (χ1n) is 4.91. The van der Waals surface area contributed by atoms with Gasteiger partial charge in [-0.3, -0.25) is 0 Å². The fourth-order valence-electron chi connectivity index (χ4n) is 1.28. The van der Waals surface area contributed by atoms with E-state index in [1.54, 1.807) is 0 Å². The van der Waals surface area contributed by atoms with Gasteiger partial charge in [0.1, 0.15) is 0 Å². The van der Waals surface area contributed by atoms with Crippen LogP contribution in [-0.2, 0) is 6.54 Å². The summed E-state index contributed by atoms with van der Waals surface area (Å²) in [5, 5.41) is 0. The molecule has 78 valence electrons. The summed E-state index contributed by atoms with van der Waals surface area (Å²) in [5.41, 5.74) is 8.12. The molecule has 1 aromatic carbocycles. The lowest BCUT2D eigenvalue weighted by Gasteiger charge is -2.19. The lowest BCUT2D eigenvalue weighted by Crippen LogP contribution is -2.07. The van der Waals surface area contributed by atoms with Crippen LogP contribution in [0.2, 0.25) is 0 Å². The van der Waals surface area contributed by atoms with Gasteiger partial charge in [-0.25, -0.2) is 0 Å². The number of hydrogen-bond donors (Lipinski definition) is 1. The number of hydrogen-bond acceptors (Lipinski definition) is 2. The van der Waals surface area contributed by atoms with Gasteiger partial charge < -0.3 is 5.73 Å². The predicted molar refractivity (Wildman–Crippen MR) is 64.7 cm³/mol. The Balaban J connectivity index is 2.89. The maximum absolute atomic E-state index is 5.59. The molecule has 0 saturated heterocycles. The van der Waals surface area contributed by atoms with Crippen LogP contribution in [0.4, 0.5) is 0 Å². The standard InChI is InChI=1S/C12H19NS/c1-9-7-10(8-13)5-6-11(9)14-12(2,3)4/h5-7H,8,13H2,1-4H3. The van der Waals surface area contributed by atoms with Gasteiger partial charge in [-0.05, 0) is 24.1 Å². The molecule has 2 N–H and O–H groups in total. The van der Waals surface area contributed by atoms with E-state index in [0.717, 1.165) is 0 Å². The largest absolute Gasteiger partial charge is 0.326 e. The van der Waals surface area contributed by atoms with Crippen molar-refractivity contribution in [3.05, 3.63) is 29.3 Å². The third kappa shape index (κ3) is 3.35. The highest BCUT2D eigenvalue weighted by Crippen LogP contribution is 2.34. The van der Waals surface area contributed by atoms with E-state index in [1.165, 1.54) is 16.0 Å². The van der Waals surface area contributed by atoms with E-state index >= 15 is 0 Å². The van der Waals surface area contributed by atoms with Crippen molar-refractivity contribution < 1.29 is 0 Å². The molecule has 0 saturated carbocycles. The molecule has 1 aromatic rings. The molecule has 1 nitrogen and oxygen atoms in total. The topological polar surface area (TPSA) is 26.0 Å². The Morgan fingerprint density at radius 2 is 1.93 bits per heavy atom. The zero-order chi connectivity index (χ0) is 10.8. The van der Waals surface area contributed by atoms with Gasteiger partial charge in [-0.15, -0.1) is 11.8 Å². The van der Waals surface area contributed by atoms with E-state index in [2.05, 4.69) is 45.9 Å². The molecular weight excluding hydrogens is 190 g/mol. The Morgan fingerprint density at radius 1 is 1.29 bits per heavy atom. The Labute approximate surface area is 91.1 Å². The third-order valence-corrected chi connectivity index (χ3v) is 3.18. The van der Waals surface area contributed by atoms with Gasteiger partial charge in [0.15, 0.2) is 0 Å². The van der Waals surface area contributed by atoms with Crippen molar-refractivity contribution in [3.8, 4) is 0 Å². The Kier molecular flexibility index (Phi) is 3.62. The molecule has 0 amide bonds. The monoisotopic (exact) mass is 209 g/mol. The fourth-order valence-corrected chi connectivity index (χ4v) is 2.30. The number of rotatable bonds is 2. The zero-order valence-corrected chi connectivity index (χ0v) is 10.2. The molecule has 0 aliphatic rings. The minimum absolute atomic E-state index is 0.273. The van der Waals surface area contributed by atoms with E-state index in [-0.39, 0.29) is 4.75 Å². The summed E-state index contributed by atoms with van der Waals surface area (Å²) in [5.74, 6) is 0. The number of nitrogens with two attached hydrogens (primary N) is 1. The van der Waals surface area contributed by atoms with Gasteiger partial charge in [0, 0.05) is 16.2 Å². The number of aryl methyl sites for hydroxylation is 1. The average molecular weight is 209 g/mol. The van der Waals surface area contributed by atoms with Gasteiger partial charge >= 0.3 is 0 Å². The molecule has 0 radical (unpaired) electrons. The average Bonchev–Trinajstić information content (AvgIpc) is 2.06. The second kappa shape index (κ2) is 4.37. The van der Waals surface area contributed by atoms with Crippen LogP contribution >= 0.6 is 11.8 Å². The number of benzene rings is 1. The second-order valence-electron chi connectivity index (χ2n) is 4.52. The van der Waals surface area contributed by atoms with Crippen molar-refractivity contribution in [1.82, 2.24) is 0 Å². The van der Waals surface area contributed by atoms with Crippen LogP contribution in [0.15, 0.2) is 23.1 Å². The van der Waals surface area contributed by atoms with E-state index in [9.17, 15) is 0 Å². The van der Waals surface area contributed by atoms with Crippen LogP contribution < -0.4 is 5.73 Å². The molecule has 0 bridgehead atoms. The van der Waals surface area contributed by atoms with Crippen molar-refractivity contribution in [2.24, 2.45) is 5.73 Å². The molecule has 0 spiro atoms. The van der Waals surface area contributed by atoms with Gasteiger partial charge in [-0.2, -0.15) is 0 Å². The van der Waals surface area contributed by atoms with E-state index in [4.69, 9.17) is 5.73 Å². The van der Waals surface area contributed by atoms with E-state index < -0.39 is 0 Å². The summed E-state index contributed by atoms with van der Waals surface area (Å²) < 4.78 is 0.273. The molecule has 2 heteroatoms. The van der Waals surface area contributed by atoms with Gasteiger partial charge in [0.05, 0.1) is 0 Å². The Morgan fingerprint density at radius 3 is 2.36 bits per heavy atom. The third-order valence-electron chi connectivity index (χ3n) is 1.89. The first-order valence-corrected chi connectivity index (χ1v) is 5.72. The van der Waals surface area contributed by atoms with Gasteiger partial charge in [-0.1, -0.05) is 32.9 Å². The molecule has 14 heavy (non-hydrogen) atoms. The van der Waals surface area contributed by atoms with Gasteiger partial charge in [0.25, 0.3) is 0 Å². The maximum Gasteiger partial charge on any atom is 0.0178 e. The summed E-state index contributed by atoms with van der Waals surface area (Å²) >= 11 is 1.91. The lowest BCUT2D eigenvalue weighted by atomic mass is 10.1. The number of thioether (sulfide) groups is 1. The smallest absolute Gasteiger partial charge is 0.0178 e. The predicted octanol–water partition coefficient (Wildman–Crippen LogP) is 3.34. The summed E-state index contributed by atoms with van der Waals surface area (Å²) in [6.07, 6.45) is 0. The van der Waals surface area contributed by atoms with Crippen LogP contribution in [0.1, 0.15) is 31.9 Å². The minimum Gasteiger partial charge on any atom is -0.326 e. The van der Waals surface area contributed by atoms with Crippen molar-refractivity contribution in [3.63, 3.8) is 0 Å². The first-order chi connectivity index (χ1) is 6.42. The van der Waals surface area contributed by atoms with Crippen LogP contribution in [-0.4, -0.2) is 4.75 Å². The van der Waals surface area contributed by atoms with Crippen LogP contribution in [0.3, 0.4) is 0 Å². The molecule has 0 aliphatic carbocycles.